The molecule has 0 aliphatic rings. The molecule has 1 aromatic rings. The van der Waals surface area contributed by atoms with Gasteiger partial charge >= 0.3 is 8.56 Å². The molecule has 0 heterocycles. The van der Waals surface area contributed by atoms with Crippen molar-refractivity contribution < 1.29 is 23.5 Å². The molecular formula is C35H64N2O5Si. The van der Waals surface area contributed by atoms with E-state index in [4.69, 9.17) is 8.85 Å². The molecule has 0 aliphatic heterocycles. The number of hydrogen-bond donors (Lipinski definition) is 2. The Bertz CT molecular complexity index is 830. The second-order valence-electron chi connectivity index (χ2n) is 12.0. The van der Waals surface area contributed by atoms with Crippen molar-refractivity contribution in [1.82, 2.24) is 10.2 Å². The highest BCUT2D eigenvalue weighted by Gasteiger charge is 2.30. The van der Waals surface area contributed by atoms with Crippen LogP contribution in [0, 0.1) is 0 Å². The molecule has 7 nitrogen and oxygen atoms in total. The van der Waals surface area contributed by atoms with E-state index >= 15 is 0 Å². The third-order valence-electron chi connectivity index (χ3n) is 8.07. The molecule has 0 saturated carbocycles. The van der Waals surface area contributed by atoms with Crippen LogP contribution in [0.1, 0.15) is 140 Å². The minimum Gasteiger partial charge on any atom is -0.508 e. The summed E-state index contributed by atoms with van der Waals surface area (Å²) in [6, 6.07) is 7.12. The van der Waals surface area contributed by atoms with E-state index in [2.05, 4.69) is 18.8 Å². The lowest BCUT2D eigenvalue weighted by Crippen LogP contribution is -2.42. The van der Waals surface area contributed by atoms with Gasteiger partial charge in [0, 0.05) is 44.8 Å². The van der Waals surface area contributed by atoms with Crippen LogP contribution in [0.15, 0.2) is 24.3 Å². The van der Waals surface area contributed by atoms with Gasteiger partial charge in [0.05, 0.1) is 0 Å². The van der Waals surface area contributed by atoms with Crippen LogP contribution < -0.4 is 5.32 Å². The number of hydrogen-bond acceptors (Lipinski definition) is 5. The van der Waals surface area contributed by atoms with Crippen molar-refractivity contribution >= 4 is 20.4 Å². The topological polar surface area (TPSA) is 88.1 Å². The first-order valence-corrected chi connectivity index (χ1v) is 20.0. The molecule has 0 atom stereocenters. The molecular weight excluding hydrogens is 556 g/mol. The van der Waals surface area contributed by atoms with Crippen LogP contribution in [0.4, 0.5) is 0 Å². The molecule has 2 amide bonds. The van der Waals surface area contributed by atoms with E-state index in [-0.39, 0.29) is 17.6 Å². The smallest absolute Gasteiger partial charge is 0.334 e. The maximum atomic E-state index is 13.2. The third kappa shape index (κ3) is 19.9. The van der Waals surface area contributed by atoms with Crippen molar-refractivity contribution in [2.24, 2.45) is 0 Å². The summed E-state index contributed by atoms with van der Waals surface area (Å²) in [5, 5.41) is 12.6. The summed E-state index contributed by atoms with van der Waals surface area (Å²) >= 11 is 0. The van der Waals surface area contributed by atoms with Crippen LogP contribution in [0.25, 0.3) is 0 Å². The first-order valence-electron chi connectivity index (χ1n) is 17.5. The Hall–Kier alpha value is -1.90. The molecule has 0 fully saturated rings. The lowest BCUT2D eigenvalue weighted by Gasteiger charge is -2.28. The van der Waals surface area contributed by atoms with Gasteiger partial charge in [-0.25, -0.2) is 0 Å². The summed E-state index contributed by atoms with van der Waals surface area (Å²) in [5.74, 6) is 0.0802. The molecule has 0 spiro atoms. The molecule has 248 valence electrons. The average molecular weight is 621 g/mol. The highest BCUT2D eigenvalue weighted by atomic mass is 28.4. The number of amides is 2. The zero-order chi connectivity index (χ0) is 31.6. The van der Waals surface area contributed by atoms with Crippen LogP contribution in [-0.4, -0.2) is 63.2 Å². The van der Waals surface area contributed by atoms with Gasteiger partial charge in [-0.3, -0.25) is 9.59 Å². The van der Waals surface area contributed by atoms with E-state index in [0.29, 0.717) is 44.8 Å². The van der Waals surface area contributed by atoms with E-state index in [1.165, 1.54) is 95.6 Å². The van der Waals surface area contributed by atoms with E-state index in [1.807, 2.05) is 13.8 Å². The van der Waals surface area contributed by atoms with E-state index < -0.39 is 8.56 Å². The maximum Gasteiger partial charge on any atom is 0.334 e. The zero-order valence-electron chi connectivity index (χ0n) is 28.1. The second-order valence-corrected chi connectivity index (χ2v) is 15.3. The summed E-state index contributed by atoms with van der Waals surface area (Å²) in [4.78, 5) is 27.5. The number of carbonyl (C=O) groups excluding carboxylic acids is 2. The third-order valence-corrected chi connectivity index (χ3v) is 11.1. The molecule has 0 bridgehead atoms. The Labute approximate surface area is 264 Å². The molecule has 2 N–H and O–H groups in total. The molecule has 0 radical (unpaired) electrons. The number of aromatic hydroxyl groups is 1. The molecule has 1 rings (SSSR count). The lowest BCUT2D eigenvalue weighted by atomic mass is 10.0. The summed E-state index contributed by atoms with van der Waals surface area (Å²) < 4.78 is 11.9. The summed E-state index contributed by atoms with van der Waals surface area (Å²) in [7, 11) is -2.27. The Morgan fingerprint density at radius 1 is 0.721 bits per heavy atom. The fraction of sp³-hybridized carbons (Fsp3) is 0.771. The zero-order valence-corrected chi connectivity index (χ0v) is 29.1. The first kappa shape index (κ1) is 39.1. The normalized spacial score (nSPS) is 11.5. The maximum absolute atomic E-state index is 13.2. The van der Waals surface area contributed by atoms with Crippen molar-refractivity contribution in [3.05, 3.63) is 29.8 Å². The molecule has 1 aromatic carbocycles. The molecule has 0 saturated heterocycles. The van der Waals surface area contributed by atoms with E-state index in [0.717, 1.165) is 25.3 Å². The molecule has 43 heavy (non-hydrogen) atoms. The highest BCUT2D eigenvalue weighted by molar-refractivity contribution is 6.66. The number of benzene rings is 1. The Balaban J connectivity index is 2.27. The quantitative estimate of drug-likeness (QED) is 0.0722. The highest BCUT2D eigenvalue weighted by Crippen LogP contribution is 2.18. The van der Waals surface area contributed by atoms with E-state index in [1.54, 1.807) is 17.0 Å². The molecule has 0 aromatic heterocycles. The predicted octanol–water partition coefficient (Wildman–Crippen LogP) is 8.75. The molecule has 8 heteroatoms. The van der Waals surface area contributed by atoms with Gasteiger partial charge in [-0.05, 0) is 63.5 Å². The predicted molar refractivity (Wildman–Crippen MR) is 181 cm³/mol. The van der Waals surface area contributed by atoms with Crippen LogP contribution in [-0.2, 0) is 13.6 Å². The van der Waals surface area contributed by atoms with Gasteiger partial charge in [0.2, 0.25) is 5.91 Å². The average Bonchev–Trinajstić information content (AvgIpc) is 2.98. The number of unbranched alkanes of at least 4 members (excludes halogenated alkanes) is 14. The Kier molecular flexibility index (Phi) is 23.1. The van der Waals surface area contributed by atoms with Crippen LogP contribution >= 0.6 is 0 Å². The van der Waals surface area contributed by atoms with Gasteiger partial charge in [-0.1, -0.05) is 96.8 Å². The largest absolute Gasteiger partial charge is 0.508 e. The number of nitrogens with one attached hydrogen (secondary N) is 1. The van der Waals surface area contributed by atoms with Crippen molar-refractivity contribution in [2.75, 3.05) is 32.8 Å². The summed E-state index contributed by atoms with van der Waals surface area (Å²) in [6.45, 7) is 10.9. The number of phenolic OH excluding ortho intramolecular Hbond substituents is 1. The molecule has 0 unspecified atom stereocenters. The fourth-order valence-corrected chi connectivity index (χ4v) is 7.96. The van der Waals surface area contributed by atoms with Crippen LogP contribution in [0.2, 0.25) is 12.6 Å². The monoisotopic (exact) mass is 620 g/mol. The summed E-state index contributed by atoms with van der Waals surface area (Å²) in [5.41, 5.74) is 0.525. The minimum atomic E-state index is -2.27. The number of nitrogens with zero attached hydrogens (tertiary/aromatic N) is 1. The lowest BCUT2D eigenvalue weighted by molar-refractivity contribution is -0.121. The van der Waals surface area contributed by atoms with Gasteiger partial charge < -0.3 is 24.2 Å². The number of phenols is 1. The van der Waals surface area contributed by atoms with Gasteiger partial charge in [-0.15, -0.1) is 0 Å². The van der Waals surface area contributed by atoms with Crippen molar-refractivity contribution in [1.29, 1.82) is 0 Å². The van der Waals surface area contributed by atoms with E-state index in [9.17, 15) is 14.7 Å². The van der Waals surface area contributed by atoms with Crippen molar-refractivity contribution in [2.45, 2.75) is 143 Å². The van der Waals surface area contributed by atoms with Gasteiger partial charge in [0.25, 0.3) is 5.91 Å². The Morgan fingerprint density at radius 2 is 1.21 bits per heavy atom. The summed E-state index contributed by atoms with van der Waals surface area (Å²) in [6.07, 6.45) is 20.9. The second kappa shape index (κ2) is 25.4. The number of rotatable bonds is 28. The van der Waals surface area contributed by atoms with Crippen LogP contribution in [0.5, 0.6) is 5.75 Å². The standard InChI is InChI=1S/C35H64N2O5Si/c1-5-8-9-10-11-12-13-14-15-16-17-18-19-20-21-23-34(39)36-28-30-37(35(40)32-24-26-33(38)27-25-32)29-22-31-43(4,41-6-2)42-7-3/h24-27,38H,5-23,28-31H2,1-4H3,(H,36,39). The fourth-order valence-electron chi connectivity index (χ4n) is 5.56. The van der Waals surface area contributed by atoms with Crippen molar-refractivity contribution in [3.63, 3.8) is 0 Å². The van der Waals surface area contributed by atoms with Crippen molar-refractivity contribution in [3.8, 4) is 5.75 Å². The van der Waals surface area contributed by atoms with Crippen LogP contribution in [0.3, 0.4) is 0 Å². The minimum absolute atomic E-state index is 0.0550. The van der Waals surface area contributed by atoms with Gasteiger partial charge in [0.15, 0.2) is 0 Å². The van der Waals surface area contributed by atoms with Gasteiger partial charge in [-0.2, -0.15) is 0 Å². The first-order chi connectivity index (χ1) is 20.8. The molecule has 0 aliphatic carbocycles. The Morgan fingerprint density at radius 3 is 1.70 bits per heavy atom. The number of carbonyl (C=O) groups is 2. The SMILES string of the molecule is CCCCCCCCCCCCCCCCCC(=O)NCCN(CCC[Si](C)(OCC)OCC)C(=O)c1ccc(O)cc1. The van der Waals surface area contributed by atoms with Gasteiger partial charge in [0.1, 0.15) is 5.75 Å².